The summed E-state index contributed by atoms with van der Waals surface area (Å²) in [5, 5.41) is 4.99. The van der Waals surface area contributed by atoms with Gasteiger partial charge in [-0.25, -0.2) is 4.98 Å². The van der Waals surface area contributed by atoms with Crippen molar-refractivity contribution >= 4 is 38.3 Å². The van der Waals surface area contributed by atoms with Crippen LogP contribution in [0.4, 0.5) is 5.13 Å². The van der Waals surface area contributed by atoms with Gasteiger partial charge in [0.2, 0.25) is 0 Å². The van der Waals surface area contributed by atoms with E-state index >= 15 is 0 Å². The number of benzene rings is 1. The number of anilines is 1. The molecule has 1 N–H and O–H groups in total. The summed E-state index contributed by atoms with van der Waals surface area (Å²) in [6, 6.07) is 11.7. The Morgan fingerprint density at radius 2 is 2.16 bits per heavy atom. The molecule has 0 saturated carbocycles. The molecule has 2 heterocycles. The van der Waals surface area contributed by atoms with Crippen LogP contribution in [0.15, 0.2) is 42.6 Å². The molecule has 0 saturated heterocycles. The Morgan fingerprint density at radius 3 is 2.95 bits per heavy atom. The van der Waals surface area contributed by atoms with E-state index < -0.39 is 0 Å². The Labute approximate surface area is 120 Å². The number of fused-ring (bicyclic) bond motifs is 1. The molecule has 0 amide bonds. The molecule has 96 valence electrons. The van der Waals surface area contributed by atoms with Crippen molar-refractivity contribution in [3.05, 3.63) is 53.3 Å². The van der Waals surface area contributed by atoms with Gasteiger partial charge in [0.1, 0.15) is 0 Å². The highest BCUT2D eigenvalue weighted by molar-refractivity contribution is 7.22. The second-order valence-electron chi connectivity index (χ2n) is 4.25. The van der Waals surface area contributed by atoms with Gasteiger partial charge in [0.05, 0.1) is 22.0 Å². The summed E-state index contributed by atoms with van der Waals surface area (Å²) in [5.74, 6) is 0. The summed E-state index contributed by atoms with van der Waals surface area (Å²) in [7, 11) is 0. The summed E-state index contributed by atoms with van der Waals surface area (Å²) in [5.41, 5.74) is 1.96. The molecule has 0 spiro atoms. The van der Waals surface area contributed by atoms with Gasteiger partial charge in [-0.15, -0.1) is 0 Å². The molecule has 5 heteroatoms. The Kier molecular flexibility index (Phi) is 3.36. The maximum atomic E-state index is 5.98. The van der Waals surface area contributed by atoms with E-state index in [1.165, 1.54) is 0 Å². The average molecular weight is 290 g/mol. The molecule has 0 aliphatic heterocycles. The highest BCUT2D eigenvalue weighted by atomic mass is 35.5. The number of nitrogens with one attached hydrogen (secondary N) is 1. The van der Waals surface area contributed by atoms with Gasteiger partial charge in [-0.2, -0.15) is 0 Å². The van der Waals surface area contributed by atoms with Crippen LogP contribution in [0.1, 0.15) is 18.7 Å². The lowest BCUT2D eigenvalue weighted by Crippen LogP contribution is -2.07. The summed E-state index contributed by atoms with van der Waals surface area (Å²) >= 11 is 7.58. The van der Waals surface area contributed by atoms with Crippen molar-refractivity contribution < 1.29 is 0 Å². The summed E-state index contributed by atoms with van der Waals surface area (Å²) in [4.78, 5) is 8.88. The Bertz CT molecular complexity index is 696. The molecule has 0 fully saturated rings. The van der Waals surface area contributed by atoms with Gasteiger partial charge in [0.15, 0.2) is 5.13 Å². The third-order valence-corrected chi connectivity index (χ3v) is 4.01. The van der Waals surface area contributed by atoms with Gasteiger partial charge in [-0.3, -0.25) is 4.98 Å². The number of thiazole rings is 1. The smallest absolute Gasteiger partial charge is 0.184 e. The van der Waals surface area contributed by atoms with E-state index in [4.69, 9.17) is 11.6 Å². The first-order chi connectivity index (χ1) is 9.22. The fourth-order valence-corrected chi connectivity index (χ4v) is 3.08. The zero-order valence-electron chi connectivity index (χ0n) is 10.3. The van der Waals surface area contributed by atoms with Crippen LogP contribution >= 0.6 is 22.9 Å². The van der Waals surface area contributed by atoms with Crippen molar-refractivity contribution in [2.45, 2.75) is 13.0 Å². The second kappa shape index (κ2) is 5.15. The average Bonchev–Trinajstić information content (AvgIpc) is 2.81. The second-order valence-corrected chi connectivity index (χ2v) is 5.72. The maximum Gasteiger partial charge on any atom is 0.184 e. The van der Waals surface area contributed by atoms with Crippen molar-refractivity contribution in [2.24, 2.45) is 0 Å². The molecule has 0 aliphatic carbocycles. The standard InChI is InChI=1S/C14H12ClN3S/c1-9(11-4-2-3-7-16-11)17-14-18-12-6-5-10(15)8-13(12)19-14/h2-9H,1H3,(H,17,18). The Hall–Kier alpha value is -1.65. The van der Waals surface area contributed by atoms with Crippen molar-refractivity contribution in [3.63, 3.8) is 0 Å². The van der Waals surface area contributed by atoms with Gasteiger partial charge >= 0.3 is 0 Å². The van der Waals surface area contributed by atoms with E-state index in [1.54, 1.807) is 17.5 Å². The number of halogens is 1. The predicted octanol–water partition coefficient (Wildman–Crippen LogP) is 4.52. The lowest BCUT2D eigenvalue weighted by Gasteiger charge is -2.11. The first-order valence-electron chi connectivity index (χ1n) is 5.96. The lowest BCUT2D eigenvalue weighted by atomic mass is 10.2. The first-order valence-corrected chi connectivity index (χ1v) is 7.15. The number of aromatic nitrogens is 2. The van der Waals surface area contributed by atoms with Crippen molar-refractivity contribution in [3.8, 4) is 0 Å². The third kappa shape index (κ3) is 2.69. The maximum absolute atomic E-state index is 5.98. The zero-order chi connectivity index (χ0) is 13.2. The fourth-order valence-electron chi connectivity index (χ4n) is 1.85. The Balaban J connectivity index is 1.85. The van der Waals surface area contributed by atoms with Crippen LogP contribution in [0, 0.1) is 0 Å². The minimum atomic E-state index is 0.122. The van der Waals surface area contributed by atoms with E-state index in [1.807, 2.05) is 36.4 Å². The molecule has 3 rings (SSSR count). The van der Waals surface area contributed by atoms with Crippen LogP contribution in [-0.4, -0.2) is 9.97 Å². The zero-order valence-corrected chi connectivity index (χ0v) is 11.9. The fraction of sp³-hybridized carbons (Fsp3) is 0.143. The predicted molar refractivity (Wildman–Crippen MR) is 80.9 cm³/mol. The molecule has 0 radical (unpaired) electrons. The molecule has 0 bridgehead atoms. The molecular formula is C14H12ClN3S. The molecule has 3 nitrogen and oxygen atoms in total. The van der Waals surface area contributed by atoms with E-state index in [-0.39, 0.29) is 6.04 Å². The van der Waals surface area contributed by atoms with Crippen LogP contribution in [-0.2, 0) is 0 Å². The Morgan fingerprint density at radius 1 is 1.26 bits per heavy atom. The minimum absolute atomic E-state index is 0.122. The number of nitrogens with zero attached hydrogens (tertiary/aromatic N) is 2. The van der Waals surface area contributed by atoms with Crippen LogP contribution in [0.25, 0.3) is 10.2 Å². The van der Waals surface area contributed by atoms with E-state index in [0.29, 0.717) is 0 Å². The van der Waals surface area contributed by atoms with Crippen LogP contribution in [0.2, 0.25) is 5.02 Å². The normalized spacial score (nSPS) is 12.5. The number of rotatable bonds is 3. The van der Waals surface area contributed by atoms with E-state index in [0.717, 1.165) is 26.1 Å². The highest BCUT2D eigenvalue weighted by Gasteiger charge is 2.09. The highest BCUT2D eigenvalue weighted by Crippen LogP contribution is 2.30. The van der Waals surface area contributed by atoms with Gasteiger partial charge < -0.3 is 5.32 Å². The molecular weight excluding hydrogens is 278 g/mol. The van der Waals surface area contributed by atoms with Gasteiger partial charge in [-0.05, 0) is 37.3 Å². The topological polar surface area (TPSA) is 37.8 Å². The third-order valence-electron chi connectivity index (χ3n) is 2.82. The number of hydrogen-bond donors (Lipinski definition) is 1. The number of pyridine rings is 1. The van der Waals surface area contributed by atoms with Gasteiger partial charge in [0, 0.05) is 11.2 Å². The van der Waals surface area contributed by atoms with Gasteiger partial charge in [0.25, 0.3) is 0 Å². The lowest BCUT2D eigenvalue weighted by molar-refractivity contribution is 0.838. The summed E-state index contributed by atoms with van der Waals surface area (Å²) in [6.45, 7) is 2.07. The molecule has 19 heavy (non-hydrogen) atoms. The number of hydrogen-bond acceptors (Lipinski definition) is 4. The van der Waals surface area contributed by atoms with Gasteiger partial charge in [-0.1, -0.05) is 29.0 Å². The van der Waals surface area contributed by atoms with Crippen molar-refractivity contribution in [2.75, 3.05) is 5.32 Å². The largest absolute Gasteiger partial charge is 0.353 e. The summed E-state index contributed by atoms with van der Waals surface area (Å²) in [6.07, 6.45) is 1.80. The molecule has 1 aromatic carbocycles. The quantitative estimate of drug-likeness (QED) is 0.770. The molecule has 3 aromatic rings. The van der Waals surface area contributed by atoms with Crippen LogP contribution in [0.5, 0.6) is 0 Å². The minimum Gasteiger partial charge on any atom is -0.353 e. The van der Waals surface area contributed by atoms with Crippen LogP contribution in [0.3, 0.4) is 0 Å². The SMILES string of the molecule is CC(Nc1nc2ccc(Cl)cc2s1)c1ccccn1. The van der Waals surface area contributed by atoms with E-state index in [9.17, 15) is 0 Å². The van der Waals surface area contributed by atoms with Crippen LogP contribution < -0.4 is 5.32 Å². The summed E-state index contributed by atoms with van der Waals surface area (Å²) < 4.78 is 1.09. The van der Waals surface area contributed by atoms with Crippen molar-refractivity contribution in [1.82, 2.24) is 9.97 Å². The molecule has 0 aliphatic rings. The monoisotopic (exact) mass is 289 g/mol. The molecule has 2 aromatic heterocycles. The molecule has 1 atom stereocenters. The molecule has 1 unspecified atom stereocenters. The van der Waals surface area contributed by atoms with E-state index in [2.05, 4.69) is 22.2 Å². The first kappa shape index (κ1) is 12.4. The van der Waals surface area contributed by atoms with Crippen molar-refractivity contribution in [1.29, 1.82) is 0 Å².